The van der Waals surface area contributed by atoms with Crippen LogP contribution in [0.25, 0.3) is 0 Å². The zero-order chi connectivity index (χ0) is 15.7. The number of nitrogens with two attached hydrogens (primary N) is 1. The first-order valence-electron chi connectivity index (χ1n) is 7.34. The average molecular weight is 300 g/mol. The highest BCUT2D eigenvalue weighted by Crippen LogP contribution is 2.35. The summed E-state index contributed by atoms with van der Waals surface area (Å²) in [5.41, 5.74) is 6.10. The molecule has 1 unspecified atom stereocenters. The van der Waals surface area contributed by atoms with Gasteiger partial charge < -0.3 is 5.73 Å². The van der Waals surface area contributed by atoms with Gasteiger partial charge in [0.2, 0.25) is 0 Å². The first kappa shape index (κ1) is 16.3. The molecular weight excluding hydrogens is 277 g/mol. The number of nitrogens with zero attached hydrogens (tertiary/aromatic N) is 1. The van der Waals surface area contributed by atoms with Crippen LogP contribution in [0.2, 0.25) is 0 Å². The zero-order valence-corrected chi connectivity index (χ0v) is 12.6. The summed E-state index contributed by atoms with van der Waals surface area (Å²) in [4.78, 5) is 2.22. The Balaban J connectivity index is 2.25. The summed E-state index contributed by atoms with van der Waals surface area (Å²) >= 11 is 0. The molecule has 0 amide bonds. The van der Waals surface area contributed by atoms with Gasteiger partial charge in [0.05, 0.1) is 5.56 Å². The Morgan fingerprint density at radius 1 is 1.33 bits per heavy atom. The van der Waals surface area contributed by atoms with E-state index in [1.807, 2.05) is 0 Å². The highest BCUT2D eigenvalue weighted by Gasteiger charge is 2.33. The van der Waals surface area contributed by atoms with Crippen LogP contribution in [0, 0.1) is 5.41 Å². The van der Waals surface area contributed by atoms with E-state index in [1.165, 1.54) is 12.1 Å². The van der Waals surface area contributed by atoms with Crippen LogP contribution in [0.3, 0.4) is 0 Å². The lowest BCUT2D eigenvalue weighted by Crippen LogP contribution is -2.44. The largest absolute Gasteiger partial charge is 0.416 e. The summed E-state index contributed by atoms with van der Waals surface area (Å²) in [6.07, 6.45) is -2.11. The summed E-state index contributed by atoms with van der Waals surface area (Å²) in [7, 11) is 0. The first-order chi connectivity index (χ1) is 9.73. The molecule has 0 aliphatic carbocycles. The smallest absolute Gasteiger partial charge is 0.329 e. The van der Waals surface area contributed by atoms with Gasteiger partial charge in [0.1, 0.15) is 0 Å². The summed E-state index contributed by atoms with van der Waals surface area (Å²) in [5, 5.41) is 0. The van der Waals surface area contributed by atoms with Gasteiger partial charge in [-0.25, -0.2) is 0 Å². The maximum atomic E-state index is 12.9. The van der Waals surface area contributed by atoms with Gasteiger partial charge in [-0.15, -0.1) is 0 Å². The highest BCUT2D eigenvalue weighted by molar-refractivity contribution is 5.28. The molecule has 21 heavy (non-hydrogen) atoms. The van der Waals surface area contributed by atoms with Gasteiger partial charge in [0.25, 0.3) is 0 Å². The van der Waals surface area contributed by atoms with Crippen molar-refractivity contribution in [1.29, 1.82) is 0 Å². The molecule has 1 atom stereocenters. The van der Waals surface area contributed by atoms with Crippen LogP contribution in [0.5, 0.6) is 0 Å². The third-order valence-corrected chi connectivity index (χ3v) is 4.19. The lowest BCUT2D eigenvalue weighted by Gasteiger charge is -2.42. The van der Waals surface area contributed by atoms with E-state index in [2.05, 4.69) is 18.7 Å². The predicted molar refractivity (Wildman–Crippen MR) is 77.8 cm³/mol. The van der Waals surface area contributed by atoms with Crippen LogP contribution in [0.15, 0.2) is 24.3 Å². The Morgan fingerprint density at radius 2 is 2.05 bits per heavy atom. The minimum Gasteiger partial charge on any atom is -0.329 e. The van der Waals surface area contributed by atoms with Crippen molar-refractivity contribution >= 4 is 0 Å². The van der Waals surface area contributed by atoms with Crippen molar-refractivity contribution in [3.05, 3.63) is 35.4 Å². The third kappa shape index (κ3) is 3.98. The summed E-state index contributed by atoms with van der Waals surface area (Å²) in [6.45, 7) is 6.47. The van der Waals surface area contributed by atoms with Crippen molar-refractivity contribution in [1.82, 2.24) is 4.90 Å². The highest BCUT2D eigenvalue weighted by atomic mass is 19.4. The van der Waals surface area contributed by atoms with E-state index in [9.17, 15) is 13.2 Å². The fraction of sp³-hybridized carbons (Fsp3) is 0.625. The Labute approximate surface area is 124 Å². The lowest BCUT2D eigenvalue weighted by atomic mass is 9.83. The molecule has 0 saturated carbocycles. The molecule has 2 rings (SSSR count). The molecule has 1 aliphatic heterocycles. The molecular formula is C16H23F3N2. The van der Waals surface area contributed by atoms with E-state index in [1.54, 1.807) is 6.07 Å². The third-order valence-electron chi connectivity index (χ3n) is 4.19. The van der Waals surface area contributed by atoms with Gasteiger partial charge in [0, 0.05) is 19.1 Å². The van der Waals surface area contributed by atoms with Crippen LogP contribution >= 0.6 is 0 Å². The zero-order valence-electron chi connectivity index (χ0n) is 12.6. The van der Waals surface area contributed by atoms with E-state index >= 15 is 0 Å². The predicted octanol–water partition coefficient (Wildman–Crippen LogP) is 3.83. The number of likely N-dealkylation sites (tertiary alicyclic amines) is 1. The molecule has 1 aliphatic rings. The molecule has 1 aromatic carbocycles. The van der Waals surface area contributed by atoms with E-state index in [0.717, 1.165) is 32.0 Å². The molecule has 0 bridgehead atoms. The molecule has 118 valence electrons. The number of benzene rings is 1. The normalized spacial score (nSPS) is 21.2. The quantitative estimate of drug-likeness (QED) is 0.919. The molecule has 5 heteroatoms. The molecule has 2 nitrogen and oxygen atoms in total. The Morgan fingerprint density at radius 3 is 2.62 bits per heavy atom. The van der Waals surface area contributed by atoms with Crippen LogP contribution in [-0.2, 0) is 6.18 Å². The molecule has 0 aromatic heterocycles. The standard InChI is InChI=1S/C16H23F3N2/c1-15(2)7-4-8-21(11-15)14(10-20)12-5-3-6-13(9-12)16(17,18)19/h3,5-6,9,14H,4,7-8,10-11,20H2,1-2H3. The van der Waals surface area contributed by atoms with Crippen LogP contribution in [0.4, 0.5) is 13.2 Å². The number of halogens is 3. The van der Waals surface area contributed by atoms with Gasteiger partial charge in [-0.2, -0.15) is 13.2 Å². The van der Waals surface area contributed by atoms with E-state index in [0.29, 0.717) is 12.1 Å². The Bertz CT molecular complexity index is 483. The second-order valence-electron chi connectivity index (χ2n) is 6.61. The van der Waals surface area contributed by atoms with Gasteiger partial charge in [-0.05, 0) is 42.5 Å². The fourth-order valence-electron chi connectivity index (χ4n) is 3.15. The second kappa shape index (κ2) is 5.97. The van der Waals surface area contributed by atoms with Crippen molar-refractivity contribution in [3.63, 3.8) is 0 Å². The maximum absolute atomic E-state index is 12.9. The van der Waals surface area contributed by atoms with Crippen LogP contribution in [0.1, 0.15) is 43.9 Å². The van der Waals surface area contributed by atoms with Crippen molar-refractivity contribution in [2.45, 2.75) is 38.9 Å². The summed E-state index contributed by atoms with van der Waals surface area (Å²) in [6, 6.07) is 5.41. The van der Waals surface area contributed by atoms with Crippen molar-refractivity contribution in [2.75, 3.05) is 19.6 Å². The Kier molecular flexibility index (Phi) is 4.63. The van der Waals surface area contributed by atoms with Crippen LogP contribution < -0.4 is 5.73 Å². The van der Waals surface area contributed by atoms with E-state index in [4.69, 9.17) is 5.73 Å². The number of piperidine rings is 1. The van der Waals surface area contributed by atoms with Gasteiger partial charge in [0.15, 0.2) is 0 Å². The van der Waals surface area contributed by atoms with Crippen LogP contribution in [-0.4, -0.2) is 24.5 Å². The van der Waals surface area contributed by atoms with Crippen molar-refractivity contribution in [2.24, 2.45) is 11.1 Å². The molecule has 2 N–H and O–H groups in total. The topological polar surface area (TPSA) is 29.3 Å². The number of hydrogen-bond donors (Lipinski definition) is 1. The fourth-order valence-corrected chi connectivity index (χ4v) is 3.15. The molecule has 1 fully saturated rings. The molecule has 1 saturated heterocycles. The number of rotatable bonds is 3. The lowest BCUT2D eigenvalue weighted by molar-refractivity contribution is -0.137. The number of hydrogen-bond acceptors (Lipinski definition) is 2. The van der Waals surface area contributed by atoms with Gasteiger partial charge in [-0.1, -0.05) is 26.0 Å². The average Bonchev–Trinajstić information content (AvgIpc) is 2.38. The van der Waals surface area contributed by atoms with Gasteiger partial charge >= 0.3 is 6.18 Å². The molecule has 0 spiro atoms. The summed E-state index contributed by atoms with van der Waals surface area (Å²) in [5.74, 6) is 0. The minimum absolute atomic E-state index is 0.146. The van der Waals surface area contributed by atoms with Crippen molar-refractivity contribution < 1.29 is 13.2 Å². The Hall–Kier alpha value is -1.07. The van der Waals surface area contributed by atoms with E-state index < -0.39 is 11.7 Å². The second-order valence-corrected chi connectivity index (χ2v) is 6.61. The maximum Gasteiger partial charge on any atom is 0.416 e. The monoisotopic (exact) mass is 300 g/mol. The number of alkyl halides is 3. The van der Waals surface area contributed by atoms with Gasteiger partial charge in [-0.3, -0.25) is 4.90 Å². The minimum atomic E-state index is -4.31. The molecule has 1 aromatic rings. The van der Waals surface area contributed by atoms with E-state index in [-0.39, 0.29) is 11.5 Å². The first-order valence-corrected chi connectivity index (χ1v) is 7.34. The molecule has 0 radical (unpaired) electrons. The van der Waals surface area contributed by atoms with Crippen molar-refractivity contribution in [3.8, 4) is 0 Å². The molecule has 1 heterocycles. The summed E-state index contributed by atoms with van der Waals surface area (Å²) < 4.78 is 38.6. The SMILES string of the molecule is CC1(C)CCCN(C(CN)c2cccc(C(F)(F)F)c2)C1.